The molecule has 0 aromatic carbocycles. The molecule has 0 saturated carbocycles. The summed E-state index contributed by atoms with van der Waals surface area (Å²) < 4.78 is 737. The van der Waals surface area contributed by atoms with E-state index in [0.29, 0.717) is 0 Å². The van der Waals surface area contributed by atoms with Crippen molar-refractivity contribution in [3.05, 3.63) is 0 Å². The molecule has 85 heavy (non-hydrogen) atoms. The highest BCUT2D eigenvalue weighted by atomic mass is 32.2. The summed E-state index contributed by atoms with van der Waals surface area (Å²) >= 11 is -1.76. The van der Waals surface area contributed by atoms with Gasteiger partial charge in [0.2, 0.25) is 0 Å². The molecule has 0 bridgehead atoms. The monoisotopic (exact) mass is 1430 g/mol. The first-order valence-electron chi connectivity index (χ1n) is 18.5. The zero-order valence-corrected chi connectivity index (χ0v) is 37.5. The van der Waals surface area contributed by atoms with Crippen LogP contribution >= 0.6 is 11.8 Å². The van der Waals surface area contributed by atoms with E-state index in [0.717, 1.165) is 0 Å². The summed E-state index contributed by atoms with van der Waals surface area (Å²) in [6, 6.07) is 0. The normalized spacial score (nSPS) is 17.3. The molecular formula is C30H8F54S. The Kier molecular flexibility index (Phi) is 19.7. The number of hydrogen-bond acceptors (Lipinski definition) is 1. The van der Waals surface area contributed by atoms with Crippen molar-refractivity contribution in [2.45, 2.75) is 167 Å². The predicted octanol–water partition coefficient (Wildman–Crippen LogP) is 18.9. The van der Waals surface area contributed by atoms with Crippen molar-refractivity contribution in [3.8, 4) is 0 Å². The van der Waals surface area contributed by atoms with E-state index in [1.807, 2.05) is 0 Å². The predicted molar refractivity (Wildman–Crippen MR) is 157 cm³/mol. The number of alkyl halides is 54. The highest BCUT2D eigenvalue weighted by Crippen LogP contribution is 2.71. The van der Waals surface area contributed by atoms with Gasteiger partial charge in [-0.25, -0.2) is 0 Å². The van der Waals surface area contributed by atoms with E-state index in [9.17, 15) is 237 Å². The summed E-state index contributed by atoms with van der Waals surface area (Å²) in [4.78, 5) is 0. The third-order valence-electron chi connectivity index (χ3n) is 10.6. The second-order valence-electron chi connectivity index (χ2n) is 16.2. The fourth-order valence-electron chi connectivity index (χ4n) is 5.18. The number of rotatable bonds is 28. The molecule has 0 nitrogen and oxygen atoms in total. The summed E-state index contributed by atoms with van der Waals surface area (Å²) in [5, 5.41) is 0. The molecule has 0 atom stereocenters. The van der Waals surface area contributed by atoms with Crippen molar-refractivity contribution in [1.82, 2.24) is 0 Å². The van der Waals surface area contributed by atoms with Gasteiger partial charge in [0.05, 0.1) is 0 Å². The van der Waals surface area contributed by atoms with Crippen LogP contribution in [0.1, 0.15) is 12.8 Å². The molecule has 512 valence electrons. The van der Waals surface area contributed by atoms with Gasteiger partial charge in [-0.2, -0.15) is 249 Å². The molecule has 0 unspecified atom stereocenters. The van der Waals surface area contributed by atoms with Crippen molar-refractivity contribution in [1.29, 1.82) is 0 Å². The minimum atomic E-state index is -10.2. The summed E-state index contributed by atoms with van der Waals surface area (Å²) in [6.45, 7) is 0. The van der Waals surface area contributed by atoms with E-state index >= 15 is 0 Å². The van der Waals surface area contributed by atoms with Gasteiger partial charge in [-0.15, -0.1) is 0 Å². The van der Waals surface area contributed by atoms with Gasteiger partial charge in [0, 0.05) is 12.8 Å². The lowest BCUT2D eigenvalue weighted by Gasteiger charge is -2.46. The average Bonchev–Trinajstić information content (AvgIpc) is 3.26. The maximum atomic E-state index is 14.2. The van der Waals surface area contributed by atoms with Gasteiger partial charge in [0.25, 0.3) is 0 Å². The second kappa shape index (κ2) is 20.5. The summed E-state index contributed by atoms with van der Waals surface area (Å²) in [6.07, 6.45) is -25.1. The fourth-order valence-corrected chi connectivity index (χ4v) is 6.19. The Balaban J connectivity index is 7.14. The third kappa shape index (κ3) is 10.0. The van der Waals surface area contributed by atoms with Gasteiger partial charge in [-0.1, -0.05) is 0 Å². The van der Waals surface area contributed by atoms with Crippen LogP contribution in [0.3, 0.4) is 0 Å². The van der Waals surface area contributed by atoms with Gasteiger partial charge >= 0.3 is 154 Å². The van der Waals surface area contributed by atoms with Crippen LogP contribution < -0.4 is 0 Å². The molecule has 0 rings (SSSR count). The van der Waals surface area contributed by atoms with Crippen LogP contribution in [-0.2, 0) is 0 Å². The minimum absolute atomic E-state index is 1.76. The van der Waals surface area contributed by atoms with Crippen molar-refractivity contribution in [2.75, 3.05) is 11.5 Å². The maximum Gasteiger partial charge on any atom is 0.460 e. The Bertz CT molecular complexity index is 2170. The van der Waals surface area contributed by atoms with E-state index in [1.165, 1.54) is 0 Å². The highest BCUT2D eigenvalue weighted by molar-refractivity contribution is 7.99. The fraction of sp³-hybridized carbons (Fsp3) is 1.00. The number of hydrogen-bond donors (Lipinski definition) is 0. The molecule has 0 aliphatic rings. The quantitative estimate of drug-likeness (QED) is 0.0556. The Morgan fingerprint density at radius 3 is 0.329 bits per heavy atom. The molecule has 0 fully saturated rings. The lowest BCUT2D eigenvalue weighted by Crippen LogP contribution is -2.78. The molecule has 0 spiro atoms. The first-order chi connectivity index (χ1) is 35.7. The second-order valence-corrected chi connectivity index (χ2v) is 17.4. The van der Waals surface area contributed by atoms with Crippen molar-refractivity contribution in [3.63, 3.8) is 0 Å². The van der Waals surface area contributed by atoms with Crippen LogP contribution in [0, 0.1) is 0 Å². The van der Waals surface area contributed by atoms with Gasteiger partial charge < -0.3 is 0 Å². The third-order valence-corrected chi connectivity index (χ3v) is 11.6. The Labute approximate surface area is 428 Å². The van der Waals surface area contributed by atoms with Crippen LogP contribution in [0.5, 0.6) is 0 Å². The molecule has 0 aliphatic carbocycles. The zero-order chi connectivity index (χ0) is 70.5. The Morgan fingerprint density at radius 1 is 0.129 bits per heavy atom. The maximum absolute atomic E-state index is 14.2. The van der Waals surface area contributed by atoms with E-state index < -0.39 is 191 Å². The van der Waals surface area contributed by atoms with Crippen molar-refractivity contribution in [2.24, 2.45) is 0 Å². The molecule has 0 radical (unpaired) electrons. The first kappa shape index (κ1) is 81.6. The van der Waals surface area contributed by atoms with Crippen LogP contribution in [0.2, 0.25) is 0 Å². The van der Waals surface area contributed by atoms with Crippen LogP contribution in [0.25, 0.3) is 0 Å². The number of thioether (sulfide) groups is 1. The van der Waals surface area contributed by atoms with Gasteiger partial charge in [-0.3, -0.25) is 0 Å². The molecule has 0 N–H and O–H groups in total. The van der Waals surface area contributed by atoms with Gasteiger partial charge in [0.15, 0.2) is 0 Å². The largest absolute Gasteiger partial charge is 0.460 e. The summed E-state index contributed by atoms with van der Waals surface area (Å²) in [5.74, 6) is -238. The molecule has 0 aromatic rings. The lowest BCUT2D eigenvalue weighted by molar-refractivity contribution is -0.485. The number of halogens is 54. The standard InChI is InChI=1S/C30H8F54S/c31-5(32,7(35,36)9(39,40)11(43,44)13(47,48)15(51,52)17(55,56)19(59,60)21(63,64)23(67,68)25(71,72)27(75,76)29(79,80)81)1-3-85-4-2-6(33,34)8(37,38)10(41,42)12(45,46)14(49,50)16(53,54)18(57,58)20(61,62)22(65,66)24(69,70)26(73,74)28(77,78)30(82,83)84/h1-4H2. The highest BCUT2D eigenvalue weighted by Gasteiger charge is 3.03. The molecule has 55 heteroatoms. The molecular weight excluding hydrogens is 1420 g/mol. The van der Waals surface area contributed by atoms with Gasteiger partial charge in [0.1, 0.15) is 0 Å². The Hall–Kier alpha value is -3.43. The van der Waals surface area contributed by atoms with Crippen LogP contribution in [-0.4, -0.2) is 166 Å². The molecule has 0 aliphatic heterocycles. The topological polar surface area (TPSA) is 0 Å². The van der Waals surface area contributed by atoms with Crippen molar-refractivity contribution >= 4 is 11.8 Å². The average molecular weight is 1430 g/mol. The summed E-state index contributed by atoms with van der Waals surface area (Å²) in [5.41, 5.74) is 0. The lowest BCUT2D eigenvalue weighted by atomic mass is 9.84. The zero-order valence-electron chi connectivity index (χ0n) is 36.6. The van der Waals surface area contributed by atoms with E-state index in [2.05, 4.69) is 0 Å². The molecule has 0 heterocycles. The van der Waals surface area contributed by atoms with Crippen LogP contribution in [0.4, 0.5) is 237 Å². The summed E-state index contributed by atoms with van der Waals surface area (Å²) in [7, 11) is 0. The molecule has 0 amide bonds. The van der Waals surface area contributed by atoms with Crippen LogP contribution in [0.15, 0.2) is 0 Å². The minimum Gasteiger partial charge on any atom is -0.200 e. The van der Waals surface area contributed by atoms with E-state index in [1.54, 1.807) is 0 Å². The molecule has 0 saturated heterocycles. The first-order valence-corrected chi connectivity index (χ1v) is 19.6. The van der Waals surface area contributed by atoms with Crippen molar-refractivity contribution < 1.29 is 237 Å². The smallest absolute Gasteiger partial charge is 0.200 e. The Morgan fingerprint density at radius 2 is 0.224 bits per heavy atom. The van der Waals surface area contributed by atoms with Gasteiger partial charge in [-0.05, 0) is 11.5 Å². The van der Waals surface area contributed by atoms with E-state index in [4.69, 9.17) is 0 Å². The van der Waals surface area contributed by atoms with E-state index in [-0.39, 0.29) is 0 Å². The molecule has 0 aromatic heterocycles. The SMILES string of the molecule is FC(F)(F)C(F)(F)C(F)(F)C(F)(F)C(F)(F)C(F)(F)C(F)(F)C(F)(F)C(F)(F)C(F)(F)C(F)(F)C(F)(F)C(F)(F)CCSCCC(F)(F)C(F)(F)C(F)(F)C(F)(F)C(F)(F)C(F)(F)C(F)(F)C(F)(F)C(F)(F)C(F)(F)C(F)(F)C(F)(F)C(F)(F)F.